The van der Waals surface area contributed by atoms with Crippen LogP contribution in [0, 0.1) is 0 Å². The molecule has 2 heterocycles. The fraction of sp³-hybridized carbons (Fsp3) is 0.345. The zero-order valence-electron chi connectivity index (χ0n) is 22.2. The Morgan fingerprint density at radius 1 is 1.13 bits per heavy atom. The second kappa shape index (κ2) is 12.8. The summed E-state index contributed by atoms with van der Waals surface area (Å²) < 4.78 is 10.7. The lowest BCUT2D eigenvalue weighted by Crippen LogP contribution is -2.53. The van der Waals surface area contributed by atoms with Crippen LogP contribution >= 0.6 is 11.6 Å². The SMILES string of the molecule is C=CCN1C(=O)NC(c2cccc(Cl)c2)C(C(=O)OCC)=C1CN1CCN(C(=O)c2cccc(OC)c2)CC1. The molecule has 2 aromatic rings. The average Bonchev–Trinajstić information content (AvgIpc) is 2.95. The van der Waals surface area contributed by atoms with Gasteiger partial charge in [-0.2, -0.15) is 0 Å². The quantitative estimate of drug-likeness (QED) is 0.375. The number of carbonyl (C=O) groups is 3. The minimum absolute atomic E-state index is 0.0636. The highest BCUT2D eigenvalue weighted by molar-refractivity contribution is 6.30. The van der Waals surface area contributed by atoms with E-state index in [4.69, 9.17) is 21.1 Å². The molecular formula is C29H33ClN4O5. The molecule has 39 heavy (non-hydrogen) atoms. The first kappa shape index (κ1) is 28.2. The second-order valence-electron chi connectivity index (χ2n) is 9.22. The van der Waals surface area contributed by atoms with E-state index in [2.05, 4.69) is 16.8 Å². The first-order valence-electron chi connectivity index (χ1n) is 12.9. The van der Waals surface area contributed by atoms with E-state index >= 15 is 0 Å². The number of ether oxygens (including phenoxy) is 2. The third-order valence-corrected chi connectivity index (χ3v) is 7.01. The topological polar surface area (TPSA) is 91.4 Å². The van der Waals surface area contributed by atoms with Crippen LogP contribution in [-0.4, -0.2) is 85.6 Å². The maximum absolute atomic E-state index is 13.3. The van der Waals surface area contributed by atoms with Gasteiger partial charge in [0, 0.05) is 55.6 Å². The van der Waals surface area contributed by atoms with Gasteiger partial charge in [0.05, 0.1) is 25.3 Å². The van der Waals surface area contributed by atoms with Crippen molar-refractivity contribution in [3.8, 4) is 5.75 Å². The first-order chi connectivity index (χ1) is 18.9. The molecule has 1 unspecified atom stereocenters. The number of urea groups is 1. The van der Waals surface area contributed by atoms with Crippen LogP contribution in [0.25, 0.3) is 0 Å². The summed E-state index contributed by atoms with van der Waals surface area (Å²) in [4.78, 5) is 45.1. The maximum Gasteiger partial charge on any atom is 0.338 e. The fourth-order valence-electron chi connectivity index (χ4n) is 4.84. The van der Waals surface area contributed by atoms with Gasteiger partial charge in [-0.3, -0.25) is 14.6 Å². The highest BCUT2D eigenvalue weighted by atomic mass is 35.5. The molecule has 2 aliphatic heterocycles. The lowest BCUT2D eigenvalue weighted by atomic mass is 9.94. The largest absolute Gasteiger partial charge is 0.497 e. The summed E-state index contributed by atoms with van der Waals surface area (Å²) in [6.45, 7) is 8.43. The lowest BCUT2D eigenvalue weighted by Gasteiger charge is -2.40. The van der Waals surface area contributed by atoms with Gasteiger partial charge in [0.25, 0.3) is 5.91 Å². The molecule has 3 amide bonds. The Labute approximate surface area is 233 Å². The van der Waals surface area contributed by atoms with Crippen LogP contribution in [0.2, 0.25) is 5.02 Å². The fourth-order valence-corrected chi connectivity index (χ4v) is 5.04. The van der Waals surface area contributed by atoms with Crippen molar-refractivity contribution < 1.29 is 23.9 Å². The van der Waals surface area contributed by atoms with Crippen LogP contribution in [0.5, 0.6) is 5.75 Å². The molecule has 0 bridgehead atoms. The summed E-state index contributed by atoms with van der Waals surface area (Å²) in [6.07, 6.45) is 1.62. The Balaban J connectivity index is 1.60. The number of benzene rings is 2. The van der Waals surface area contributed by atoms with Crippen molar-refractivity contribution in [2.45, 2.75) is 13.0 Å². The van der Waals surface area contributed by atoms with Crippen LogP contribution in [-0.2, 0) is 9.53 Å². The van der Waals surface area contributed by atoms with Gasteiger partial charge in [0.1, 0.15) is 5.75 Å². The molecule has 9 nitrogen and oxygen atoms in total. The van der Waals surface area contributed by atoms with Gasteiger partial charge in [-0.05, 0) is 42.8 Å². The standard InChI is InChI=1S/C29H33ClN4O5/c1-4-12-34-24(19-32-13-15-33(16-14-32)27(35)21-9-7-11-23(18-21)38-3)25(28(36)39-5-2)26(31-29(34)37)20-8-6-10-22(30)17-20/h4,6-11,17-18,26H,1,5,12-16,19H2,2-3H3,(H,31,37). The highest BCUT2D eigenvalue weighted by Crippen LogP contribution is 2.33. The van der Waals surface area contributed by atoms with E-state index in [1.807, 2.05) is 6.07 Å². The third kappa shape index (κ3) is 6.43. The van der Waals surface area contributed by atoms with E-state index < -0.39 is 12.0 Å². The molecule has 4 rings (SSSR count). The number of nitrogens with one attached hydrogen (secondary N) is 1. The Bertz CT molecular complexity index is 1270. The predicted octanol–water partition coefficient (Wildman–Crippen LogP) is 3.88. The minimum atomic E-state index is -0.720. The number of nitrogens with zero attached hydrogens (tertiary/aromatic N) is 3. The smallest absolute Gasteiger partial charge is 0.338 e. The van der Waals surface area contributed by atoms with E-state index in [9.17, 15) is 14.4 Å². The molecular weight excluding hydrogens is 520 g/mol. The number of halogens is 1. The van der Waals surface area contributed by atoms with Crippen LogP contribution in [0.3, 0.4) is 0 Å². The minimum Gasteiger partial charge on any atom is -0.497 e. The summed E-state index contributed by atoms with van der Waals surface area (Å²) in [5, 5.41) is 3.44. The molecule has 10 heteroatoms. The number of hydrogen-bond acceptors (Lipinski definition) is 6. The number of esters is 1. The van der Waals surface area contributed by atoms with Crippen molar-refractivity contribution in [1.82, 2.24) is 20.0 Å². The summed E-state index contributed by atoms with van der Waals surface area (Å²) in [5.41, 5.74) is 2.16. The molecule has 0 spiro atoms. The van der Waals surface area contributed by atoms with E-state index in [-0.39, 0.29) is 25.1 Å². The van der Waals surface area contributed by atoms with Gasteiger partial charge in [0.2, 0.25) is 0 Å². The highest BCUT2D eigenvalue weighted by Gasteiger charge is 2.39. The van der Waals surface area contributed by atoms with E-state index in [0.29, 0.717) is 65.9 Å². The third-order valence-electron chi connectivity index (χ3n) is 6.78. The molecule has 0 saturated carbocycles. The number of hydrogen-bond donors (Lipinski definition) is 1. The Morgan fingerprint density at radius 2 is 1.87 bits per heavy atom. The van der Waals surface area contributed by atoms with Crippen molar-refractivity contribution in [3.63, 3.8) is 0 Å². The average molecular weight is 553 g/mol. The molecule has 1 fully saturated rings. The van der Waals surface area contributed by atoms with Crippen LogP contribution in [0.15, 0.2) is 72.5 Å². The molecule has 1 atom stereocenters. The summed E-state index contributed by atoms with van der Waals surface area (Å²) in [5.74, 6) is 0.0646. The summed E-state index contributed by atoms with van der Waals surface area (Å²) in [6, 6.07) is 13.1. The molecule has 1 saturated heterocycles. The monoisotopic (exact) mass is 552 g/mol. The first-order valence-corrected chi connectivity index (χ1v) is 13.2. The Morgan fingerprint density at radius 3 is 2.54 bits per heavy atom. The van der Waals surface area contributed by atoms with E-state index in [0.717, 1.165) is 0 Å². The van der Waals surface area contributed by atoms with E-state index in [1.165, 1.54) is 4.90 Å². The molecule has 0 radical (unpaired) electrons. The van der Waals surface area contributed by atoms with Gasteiger partial charge in [0.15, 0.2) is 0 Å². The lowest BCUT2D eigenvalue weighted by molar-refractivity contribution is -0.139. The van der Waals surface area contributed by atoms with Crippen LogP contribution < -0.4 is 10.1 Å². The molecule has 1 N–H and O–H groups in total. The van der Waals surface area contributed by atoms with Crippen LogP contribution in [0.4, 0.5) is 4.79 Å². The van der Waals surface area contributed by atoms with Crippen molar-refractivity contribution in [1.29, 1.82) is 0 Å². The van der Waals surface area contributed by atoms with Gasteiger partial charge in [-0.25, -0.2) is 9.59 Å². The van der Waals surface area contributed by atoms with Gasteiger partial charge in [-0.1, -0.05) is 35.9 Å². The second-order valence-corrected chi connectivity index (χ2v) is 9.65. The molecule has 0 aromatic heterocycles. The van der Waals surface area contributed by atoms with E-state index in [1.54, 1.807) is 67.5 Å². The molecule has 2 aromatic carbocycles. The summed E-state index contributed by atoms with van der Waals surface area (Å²) in [7, 11) is 1.57. The zero-order chi connectivity index (χ0) is 27.9. The zero-order valence-corrected chi connectivity index (χ0v) is 22.9. The van der Waals surface area contributed by atoms with Gasteiger partial charge < -0.3 is 19.7 Å². The van der Waals surface area contributed by atoms with Gasteiger partial charge in [-0.15, -0.1) is 6.58 Å². The van der Waals surface area contributed by atoms with Gasteiger partial charge >= 0.3 is 12.0 Å². The number of methoxy groups -OCH3 is 1. The number of carbonyl (C=O) groups excluding carboxylic acids is 3. The van der Waals surface area contributed by atoms with Crippen molar-refractivity contribution in [2.75, 3.05) is 53.0 Å². The van der Waals surface area contributed by atoms with Crippen molar-refractivity contribution >= 4 is 29.5 Å². The predicted molar refractivity (Wildman–Crippen MR) is 149 cm³/mol. The van der Waals surface area contributed by atoms with Crippen LogP contribution in [0.1, 0.15) is 28.9 Å². The molecule has 2 aliphatic rings. The summed E-state index contributed by atoms with van der Waals surface area (Å²) >= 11 is 6.24. The normalized spacial score (nSPS) is 18.0. The van der Waals surface area contributed by atoms with Crippen molar-refractivity contribution in [3.05, 3.63) is 88.6 Å². The Kier molecular flexibility index (Phi) is 9.27. The molecule has 0 aliphatic carbocycles. The Hall–Kier alpha value is -3.82. The number of piperazine rings is 1. The molecule has 206 valence electrons. The van der Waals surface area contributed by atoms with Crippen molar-refractivity contribution in [2.24, 2.45) is 0 Å². The number of rotatable bonds is 9. The maximum atomic E-state index is 13.3. The number of amides is 3.